The molecule has 2 unspecified atom stereocenters. The first-order valence-corrected chi connectivity index (χ1v) is 15.0. The molecule has 43 heavy (non-hydrogen) atoms. The van der Waals surface area contributed by atoms with E-state index in [1.807, 2.05) is 19.1 Å². The fourth-order valence-electron chi connectivity index (χ4n) is 5.49. The third-order valence-electron chi connectivity index (χ3n) is 7.54. The zero-order valence-corrected chi connectivity index (χ0v) is 25.0. The summed E-state index contributed by atoms with van der Waals surface area (Å²) in [6.07, 6.45) is 0. The maximum Gasteiger partial charge on any atom is 0.308 e. The second-order valence-corrected chi connectivity index (χ2v) is 12.3. The van der Waals surface area contributed by atoms with Crippen LogP contribution in [0.3, 0.4) is 0 Å². The second-order valence-electron chi connectivity index (χ2n) is 10.2. The van der Waals surface area contributed by atoms with E-state index >= 15 is 0 Å². The molecule has 2 aliphatic rings. The average molecular weight is 620 g/mol. The summed E-state index contributed by atoms with van der Waals surface area (Å²) in [7, 11) is 3.00. The summed E-state index contributed by atoms with van der Waals surface area (Å²) in [5, 5.41) is 2.38. The van der Waals surface area contributed by atoms with Crippen LogP contribution in [0.5, 0.6) is 11.5 Å². The minimum absolute atomic E-state index is 0.260. The van der Waals surface area contributed by atoms with E-state index in [9.17, 15) is 23.6 Å². The molecule has 3 atom stereocenters. The van der Waals surface area contributed by atoms with E-state index in [0.717, 1.165) is 33.6 Å². The Hall–Kier alpha value is -4.42. The Morgan fingerprint density at radius 3 is 2.30 bits per heavy atom. The lowest BCUT2D eigenvalue weighted by molar-refractivity contribution is -0.122. The molecule has 0 bridgehead atoms. The van der Waals surface area contributed by atoms with Crippen LogP contribution in [0.15, 0.2) is 76.6 Å². The van der Waals surface area contributed by atoms with E-state index in [1.165, 1.54) is 43.1 Å². The van der Waals surface area contributed by atoms with Gasteiger partial charge < -0.3 is 14.8 Å². The third kappa shape index (κ3) is 5.10. The van der Waals surface area contributed by atoms with Gasteiger partial charge in [-0.15, -0.1) is 0 Å². The van der Waals surface area contributed by atoms with Gasteiger partial charge in [0.25, 0.3) is 0 Å². The third-order valence-corrected chi connectivity index (χ3v) is 10.1. The fourth-order valence-corrected chi connectivity index (χ4v) is 8.26. The van der Waals surface area contributed by atoms with Crippen molar-refractivity contribution < 1.29 is 28.2 Å². The van der Waals surface area contributed by atoms with Gasteiger partial charge in [0.05, 0.1) is 30.9 Å². The molecule has 1 aromatic heterocycles. The van der Waals surface area contributed by atoms with Gasteiger partial charge in [0.1, 0.15) is 17.6 Å². The summed E-state index contributed by atoms with van der Waals surface area (Å²) in [4.78, 5) is 55.5. The number of methoxy groups -OCH3 is 2. The largest absolute Gasteiger partial charge is 0.493 e. The number of aromatic nitrogens is 1. The number of amides is 3. The number of carbonyl (C=O) groups is 3. The highest BCUT2D eigenvalue weighted by Gasteiger charge is 2.57. The SMILES string of the molecule is COc1ccc([C@H]2c3sc(=O)n(CC(=O)Nc4ccc(C)cc4)c3SC3C(=O)N(c4ccc(F)cc4)C(=O)C32)cc1OC. The van der Waals surface area contributed by atoms with E-state index in [4.69, 9.17) is 9.47 Å². The lowest BCUT2D eigenvalue weighted by Gasteiger charge is -2.31. The van der Waals surface area contributed by atoms with Crippen molar-refractivity contribution in [2.45, 2.75) is 29.7 Å². The number of hydrogen-bond acceptors (Lipinski definition) is 8. The molecular weight excluding hydrogens is 593 g/mol. The summed E-state index contributed by atoms with van der Waals surface area (Å²) in [6, 6.07) is 17.7. The van der Waals surface area contributed by atoms with Gasteiger partial charge in [-0.3, -0.25) is 23.7 Å². The fraction of sp³-hybridized carbons (Fsp3) is 0.226. The highest BCUT2D eigenvalue weighted by atomic mass is 32.2. The van der Waals surface area contributed by atoms with Crippen molar-refractivity contribution in [2.24, 2.45) is 5.92 Å². The highest BCUT2D eigenvalue weighted by molar-refractivity contribution is 8.00. The number of fused-ring (bicyclic) bond motifs is 2. The number of nitrogens with one attached hydrogen (secondary N) is 1. The van der Waals surface area contributed by atoms with Crippen LogP contribution in [0.1, 0.15) is 21.9 Å². The maximum atomic E-state index is 14.0. The number of aryl methyl sites for hydroxylation is 1. The molecule has 3 amide bonds. The van der Waals surface area contributed by atoms with Gasteiger partial charge in [-0.2, -0.15) is 0 Å². The molecule has 1 N–H and O–H groups in total. The van der Waals surface area contributed by atoms with Gasteiger partial charge in [0.2, 0.25) is 17.7 Å². The molecule has 6 rings (SSSR count). The normalized spacial score (nSPS) is 19.2. The Morgan fingerprint density at radius 2 is 1.63 bits per heavy atom. The van der Waals surface area contributed by atoms with Crippen molar-refractivity contribution in [3.05, 3.63) is 98.2 Å². The summed E-state index contributed by atoms with van der Waals surface area (Å²) < 4.78 is 26.0. The number of nitrogens with zero attached hydrogens (tertiary/aromatic N) is 2. The van der Waals surface area contributed by atoms with Crippen LogP contribution in [-0.2, 0) is 20.9 Å². The topological polar surface area (TPSA) is 107 Å². The molecule has 3 heterocycles. The van der Waals surface area contributed by atoms with E-state index in [1.54, 1.807) is 30.3 Å². The Bertz CT molecular complexity index is 1800. The first-order valence-electron chi connectivity index (χ1n) is 13.3. The van der Waals surface area contributed by atoms with Crippen molar-refractivity contribution in [3.63, 3.8) is 0 Å². The van der Waals surface area contributed by atoms with Crippen molar-refractivity contribution >= 4 is 52.2 Å². The molecule has 9 nitrogen and oxygen atoms in total. The van der Waals surface area contributed by atoms with E-state index in [2.05, 4.69) is 5.32 Å². The standard InChI is InChI=1S/C31H26FN3O6S2/c1-16-4-9-19(10-5-16)33-23(36)15-34-30-27(43-31(34)39)24(17-6-13-21(40-2)22(14-17)41-3)25-26(42-30)29(38)35(28(25)37)20-11-7-18(32)8-12-20/h4-14,24-26H,15H2,1-3H3,(H,33,36)/t24-,25?,26?/m1/s1. The number of thiazole rings is 1. The van der Waals surface area contributed by atoms with Crippen LogP contribution in [0.25, 0.3) is 0 Å². The molecule has 4 aromatic rings. The van der Waals surface area contributed by atoms with Gasteiger partial charge in [0, 0.05) is 16.5 Å². The molecule has 0 spiro atoms. The van der Waals surface area contributed by atoms with Crippen LogP contribution in [0.2, 0.25) is 0 Å². The van der Waals surface area contributed by atoms with Gasteiger partial charge in [-0.05, 0) is 61.0 Å². The molecule has 1 fully saturated rings. The van der Waals surface area contributed by atoms with Crippen LogP contribution in [0, 0.1) is 18.7 Å². The van der Waals surface area contributed by atoms with Crippen LogP contribution in [0.4, 0.5) is 15.8 Å². The molecular formula is C31H26FN3O6S2. The number of ether oxygens (including phenoxy) is 2. The first kappa shape index (κ1) is 28.7. The van der Waals surface area contributed by atoms with E-state index < -0.39 is 40.6 Å². The van der Waals surface area contributed by atoms with Crippen molar-refractivity contribution in [1.82, 2.24) is 4.57 Å². The summed E-state index contributed by atoms with van der Waals surface area (Å²) in [6.45, 7) is 1.67. The van der Waals surface area contributed by atoms with E-state index in [0.29, 0.717) is 32.7 Å². The summed E-state index contributed by atoms with van der Waals surface area (Å²) in [5.74, 6) is -2.47. The minimum atomic E-state index is -0.886. The van der Waals surface area contributed by atoms with Gasteiger partial charge >= 0.3 is 4.87 Å². The molecule has 0 aliphatic carbocycles. The second kappa shape index (κ2) is 11.3. The molecule has 0 saturated carbocycles. The maximum absolute atomic E-state index is 14.0. The van der Waals surface area contributed by atoms with Crippen LogP contribution < -0.4 is 24.6 Å². The number of carbonyl (C=O) groups excluding carboxylic acids is 3. The number of anilines is 2. The van der Waals surface area contributed by atoms with E-state index in [-0.39, 0.29) is 17.1 Å². The van der Waals surface area contributed by atoms with Crippen LogP contribution in [-0.4, -0.2) is 41.8 Å². The van der Waals surface area contributed by atoms with Gasteiger partial charge in [-0.25, -0.2) is 9.29 Å². The number of hydrogen-bond donors (Lipinski definition) is 1. The lowest BCUT2D eigenvalue weighted by Crippen LogP contribution is -2.33. The molecule has 0 radical (unpaired) electrons. The number of halogens is 1. The molecule has 3 aromatic carbocycles. The Balaban J connectivity index is 1.43. The summed E-state index contributed by atoms with van der Waals surface area (Å²) in [5.41, 5.74) is 2.54. The number of imide groups is 1. The lowest BCUT2D eigenvalue weighted by atomic mass is 9.83. The smallest absolute Gasteiger partial charge is 0.308 e. The zero-order valence-electron chi connectivity index (χ0n) is 23.3. The average Bonchev–Trinajstić information content (AvgIpc) is 3.44. The predicted molar refractivity (Wildman–Crippen MR) is 162 cm³/mol. The number of benzene rings is 3. The van der Waals surface area contributed by atoms with Gasteiger partial charge in [-0.1, -0.05) is 46.9 Å². The Kier molecular flexibility index (Phi) is 7.57. The van der Waals surface area contributed by atoms with Crippen molar-refractivity contribution in [3.8, 4) is 11.5 Å². The molecule has 220 valence electrons. The van der Waals surface area contributed by atoms with Crippen LogP contribution >= 0.6 is 23.1 Å². The van der Waals surface area contributed by atoms with Gasteiger partial charge in [0.15, 0.2) is 11.5 Å². The molecule has 1 saturated heterocycles. The minimum Gasteiger partial charge on any atom is -0.493 e. The molecule has 2 aliphatic heterocycles. The zero-order chi connectivity index (χ0) is 30.4. The van der Waals surface area contributed by atoms with Crippen molar-refractivity contribution in [2.75, 3.05) is 24.4 Å². The summed E-state index contributed by atoms with van der Waals surface area (Å²) >= 11 is 2.05. The Labute approximate surface area is 254 Å². The quantitative estimate of drug-likeness (QED) is 0.296. The first-order chi connectivity index (χ1) is 20.7. The Morgan fingerprint density at radius 1 is 0.930 bits per heavy atom. The predicted octanol–water partition coefficient (Wildman–Crippen LogP) is 4.81. The monoisotopic (exact) mass is 619 g/mol. The number of thioether (sulfide) groups is 1. The number of rotatable bonds is 7. The molecule has 12 heteroatoms. The van der Waals surface area contributed by atoms with Crippen molar-refractivity contribution in [1.29, 1.82) is 0 Å². The highest BCUT2D eigenvalue weighted by Crippen LogP contribution is 2.54.